The average Bonchev–Trinajstić information content (AvgIpc) is 2.33. The normalized spacial score (nSPS) is 10.4. The largest absolute Gasteiger partial charge is 0.486 e. The van der Waals surface area contributed by atoms with Crippen LogP contribution in [0, 0.1) is 11.6 Å². The van der Waals surface area contributed by atoms with Gasteiger partial charge in [-0.25, -0.2) is 13.9 Å². The molecular formula is C11H7BrF2N2O2. The van der Waals surface area contributed by atoms with E-state index in [-0.39, 0.29) is 22.4 Å². The van der Waals surface area contributed by atoms with E-state index in [1.54, 1.807) is 0 Å². The summed E-state index contributed by atoms with van der Waals surface area (Å²) in [6, 6.07) is 3.18. The smallest absolute Gasteiger partial charge is 0.282 e. The molecule has 2 aromatic rings. The second-order valence-corrected chi connectivity index (χ2v) is 4.19. The molecule has 0 aliphatic carbocycles. The lowest BCUT2D eigenvalue weighted by Gasteiger charge is -2.07. The lowest BCUT2D eigenvalue weighted by molar-refractivity contribution is 0.295. The highest BCUT2D eigenvalue weighted by molar-refractivity contribution is 9.10. The summed E-state index contributed by atoms with van der Waals surface area (Å²) < 4.78 is 31.4. The summed E-state index contributed by atoms with van der Waals surface area (Å²) in [5.41, 5.74) is -0.268. The molecule has 1 heterocycles. The Morgan fingerprint density at radius 2 is 2.17 bits per heavy atom. The Hall–Kier alpha value is -1.76. The number of H-pyrrole nitrogens is 1. The van der Waals surface area contributed by atoms with Gasteiger partial charge in [0.25, 0.3) is 5.56 Å². The van der Waals surface area contributed by atoms with Crippen LogP contribution in [0.4, 0.5) is 8.78 Å². The van der Waals surface area contributed by atoms with E-state index in [1.165, 1.54) is 12.3 Å². The summed E-state index contributed by atoms with van der Waals surface area (Å²) in [5, 5.41) is 5.75. The van der Waals surface area contributed by atoms with Crippen LogP contribution in [0.15, 0.2) is 33.7 Å². The molecule has 18 heavy (non-hydrogen) atoms. The van der Waals surface area contributed by atoms with Crippen LogP contribution in [0.2, 0.25) is 0 Å². The highest BCUT2D eigenvalue weighted by atomic mass is 79.9. The summed E-state index contributed by atoms with van der Waals surface area (Å²) in [4.78, 5) is 11.2. The average molecular weight is 317 g/mol. The van der Waals surface area contributed by atoms with Crippen LogP contribution in [0.3, 0.4) is 0 Å². The second kappa shape index (κ2) is 5.26. The van der Waals surface area contributed by atoms with Crippen molar-refractivity contribution in [2.24, 2.45) is 0 Å². The first-order valence-electron chi connectivity index (χ1n) is 4.88. The SMILES string of the molecule is O=c1[nH]ncc(OCc2ccc(F)cc2F)c1Br. The van der Waals surface area contributed by atoms with Gasteiger partial charge in [-0.3, -0.25) is 4.79 Å². The quantitative estimate of drug-likeness (QED) is 0.946. The van der Waals surface area contributed by atoms with Crippen molar-refractivity contribution in [3.05, 3.63) is 56.4 Å². The molecule has 4 nitrogen and oxygen atoms in total. The zero-order valence-electron chi connectivity index (χ0n) is 8.91. The van der Waals surface area contributed by atoms with Gasteiger partial charge >= 0.3 is 0 Å². The van der Waals surface area contributed by atoms with Crippen LogP contribution in [0.25, 0.3) is 0 Å². The van der Waals surface area contributed by atoms with E-state index in [0.717, 1.165) is 12.1 Å². The fourth-order valence-electron chi connectivity index (χ4n) is 1.26. The molecule has 1 aromatic carbocycles. The predicted octanol–water partition coefficient (Wildman–Crippen LogP) is 2.39. The first-order chi connectivity index (χ1) is 8.58. The van der Waals surface area contributed by atoms with E-state index in [0.29, 0.717) is 0 Å². The van der Waals surface area contributed by atoms with E-state index in [9.17, 15) is 13.6 Å². The Morgan fingerprint density at radius 3 is 2.89 bits per heavy atom. The topological polar surface area (TPSA) is 55.0 Å². The number of hydrogen-bond donors (Lipinski definition) is 1. The van der Waals surface area contributed by atoms with Crippen LogP contribution in [-0.2, 0) is 6.61 Å². The second-order valence-electron chi connectivity index (χ2n) is 3.40. The van der Waals surface area contributed by atoms with Gasteiger partial charge in [0.2, 0.25) is 0 Å². The maximum Gasteiger partial charge on any atom is 0.282 e. The molecule has 0 saturated carbocycles. The van der Waals surface area contributed by atoms with Crippen molar-refractivity contribution in [2.45, 2.75) is 6.61 Å². The molecule has 0 aliphatic rings. The maximum absolute atomic E-state index is 13.3. The van der Waals surface area contributed by atoms with E-state index >= 15 is 0 Å². The van der Waals surface area contributed by atoms with Crippen molar-refractivity contribution in [1.29, 1.82) is 0 Å². The Balaban J connectivity index is 2.16. The van der Waals surface area contributed by atoms with Gasteiger partial charge in [-0.2, -0.15) is 5.10 Å². The molecule has 7 heteroatoms. The molecule has 0 spiro atoms. The van der Waals surface area contributed by atoms with Crippen molar-refractivity contribution >= 4 is 15.9 Å². The van der Waals surface area contributed by atoms with Crippen LogP contribution in [0.5, 0.6) is 5.75 Å². The molecule has 0 fully saturated rings. The number of halogens is 3. The van der Waals surface area contributed by atoms with Crippen molar-refractivity contribution in [1.82, 2.24) is 10.2 Å². The lowest BCUT2D eigenvalue weighted by Crippen LogP contribution is -2.10. The molecule has 0 radical (unpaired) electrons. The lowest BCUT2D eigenvalue weighted by atomic mass is 10.2. The number of aromatic amines is 1. The van der Waals surface area contributed by atoms with Gasteiger partial charge in [0, 0.05) is 11.6 Å². The van der Waals surface area contributed by atoms with E-state index in [4.69, 9.17) is 4.74 Å². The van der Waals surface area contributed by atoms with Crippen molar-refractivity contribution in [2.75, 3.05) is 0 Å². The zero-order valence-corrected chi connectivity index (χ0v) is 10.5. The number of rotatable bonds is 3. The first-order valence-corrected chi connectivity index (χ1v) is 5.67. The van der Waals surface area contributed by atoms with Crippen LogP contribution < -0.4 is 10.3 Å². The molecular weight excluding hydrogens is 310 g/mol. The van der Waals surface area contributed by atoms with E-state index in [2.05, 4.69) is 26.1 Å². The Bertz CT molecular complexity index is 631. The fourth-order valence-corrected chi connectivity index (χ4v) is 1.57. The summed E-state index contributed by atoms with van der Waals surface area (Å²) in [6.45, 7) is -0.129. The van der Waals surface area contributed by atoms with Gasteiger partial charge in [-0.05, 0) is 28.1 Å². The number of nitrogens with one attached hydrogen (secondary N) is 1. The molecule has 0 unspecified atom stereocenters. The number of aromatic nitrogens is 2. The standard InChI is InChI=1S/C11H7BrF2N2O2/c12-10-9(4-15-16-11(10)17)18-5-6-1-2-7(13)3-8(6)14/h1-4H,5H2,(H,16,17). The zero-order chi connectivity index (χ0) is 13.1. The van der Waals surface area contributed by atoms with E-state index < -0.39 is 17.2 Å². The molecule has 0 atom stereocenters. The summed E-state index contributed by atoms with van der Waals surface area (Å²) in [5.74, 6) is -1.18. The number of benzene rings is 1. The molecule has 0 bridgehead atoms. The first kappa shape index (κ1) is 12.7. The monoisotopic (exact) mass is 316 g/mol. The number of hydrogen-bond acceptors (Lipinski definition) is 3. The minimum atomic E-state index is -0.705. The Labute approximate surface area is 109 Å². The number of ether oxygens (including phenoxy) is 1. The minimum Gasteiger partial charge on any atom is -0.486 e. The van der Waals surface area contributed by atoms with Crippen LogP contribution in [-0.4, -0.2) is 10.2 Å². The highest BCUT2D eigenvalue weighted by Crippen LogP contribution is 2.20. The predicted molar refractivity (Wildman–Crippen MR) is 63.2 cm³/mol. The van der Waals surface area contributed by atoms with Crippen molar-refractivity contribution in [3.63, 3.8) is 0 Å². The minimum absolute atomic E-state index is 0.129. The third-order valence-electron chi connectivity index (χ3n) is 2.16. The molecule has 1 aromatic heterocycles. The summed E-state index contributed by atoms with van der Waals surface area (Å²) in [7, 11) is 0. The molecule has 2 rings (SSSR count). The summed E-state index contributed by atoms with van der Waals surface area (Å²) >= 11 is 3.02. The molecule has 0 aliphatic heterocycles. The molecule has 0 saturated heterocycles. The highest BCUT2D eigenvalue weighted by Gasteiger charge is 2.08. The molecule has 94 valence electrons. The van der Waals surface area contributed by atoms with Gasteiger partial charge in [0.1, 0.15) is 22.7 Å². The van der Waals surface area contributed by atoms with Crippen molar-refractivity contribution < 1.29 is 13.5 Å². The van der Waals surface area contributed by atoms with Gasteiger partial charge in [-0.15, -0.1) is 0 Å². The van der Waals surface area contributed by atoms with Gasteiger partial charge < -0.3 is 4.74 Å². The van der Waals surface area contributed by atoms with Crippen molar-refractivity contribution in [3.8, 4) is 5.75 Å². The molecule has 1 N–H and O–H groups in total. The van der Waals surface area contributed by atoms with Crippen LogP contribution >= 0.6 is 15.9 Å². The third kappa shape index (κ3) is 2.73. The molecule has 0 amide bonds. The Kier molecular flexibility index (Phi) is 3.71. The third-order valence-corrected chi connectivity index (χ3v) is 2.91. The van der Waals surface area contributed by atoms with Gasteiger partial charge in [0.05, 0.1) is 6.20 Å². The van der Waals surface area contributed by atoms with Gasteiger partial charge in [-0.1, -0.05) is 0 Å². The maximum atomic E-state index is 13.3. The van der Waals surface area contributed by atoms with Gasteiger partial charge in [0.15, 0.2) is 5.75 Å². The summed E-state index contributed by atoms with van der Waals surface area (Å²) in [6.07, 6.45) is 1.28. The Morgan fingerprint density at radius 1 is 1.39 bits per heavy atom. The fraction of sp³-hybridized carbons (Fsp3) is 0.0909. The van der Waals surface area contributed by atoms with E-state index in [1.807, 2.05) is 0 Å². The number of nitrogens with zero attached hydrogens (tertiary/aromatic N) is 1. The van der Waals surface area contributed by atoms with Crippen LogP contribution in [0.1, 0.15) is 5.56 Å².